The summed E-state index contributed by atoms with van der Waals surface area (Å²) >= 11 is 3.50. The minimum Gasteiger partial charge on any atom is -0.483 e. The Labute approximate surface area is 172 Å². The second kappa shape index (κ2) is 8.56. The Kier molecular flexibility index (Phi) is 6.14. The van der Waals surface area contributed by atoms with Gasteiger partial charge in [-0.3, -0.25) is 4.79 Å². The fourth-order valence-electron chi connectivity index (χ4n) is 2.48. The SMILES string of the molecule is CC(C)(C)c1ccc(OCC(=O)NCc2nc(-c3ccccc3)no2)c(Br)c1. The molecule has 0 radical (unpaired) electrons. The smallest absolute Gasteiger partial charge is 0.258 e. The van der Waals surface area contributed by atoms with Gasteiger partial charge in [0, 0.05) is 5.56 Å². The number of aromatic nitrogens is 2. The quantitative estimate of drug-likeness (QED) is 0.606. The van der Waals surface area contributed by atoms with Gasteiger partial charge in [0.15, 0.2) is 6.61 Å². The minimum absolute atomic E-state index is 0.0428. The average Bonchev–Trinajstić information content (AvgIpc) is 3.14. The van der Waals surface area contributed by atoms with E-state index in [0.29, 0.717) is 17.5 Å². The van der Waals surface area contributed by atoms with Crippen LogP contribution in [0.3, 0.4) is 0 Å². The van der Waals surface area contributed by atoms with Gasteiger partial charge in [-0.1, -0.05) is 62.3 Å². The van der Waals surface area contributed by atoms with Crippen LogP contribution in [0.4, 0.5) is 0 Å². The van der Waals surface area contributed by atoms with Crippen molar-refractivity contribution >= 4 is 21.8 Å². The van der Waals surface area contributed by atoms with E-state index < -0.39 is 0 Å². The molecule has 1 N–H and O–H groups in total. The molecule has 7 heteroatoms. The first kappa shape index (κ1) is 20.1. The number of carbonyl (C=O) groups excluding carboxylic acids is 1. The van der Waals surface area contributed by atoms with Gasteiger partial charge >= 0.3 is 0 Å². The van der Waals surface area contributed by atoms with Gasteiger partial charge in [0.05, 0.1) is 11.0 Å². The van der Waals surface area contributed by atoms with Crippen molar-refractivity contribution in [3.8, 4) is 17.1 Å². The Hall–Kier alpha value is -2.67. The molecule has 0 aliphatic heterocycles. The van der Waals surface area contributed by atoms with Crippen LogP contribution in [-0.4, -0.2) is 22.7 Å². The molecule has 0 atom stereocenters. The summed E-state index contributed by atoms with van der Waals surface area (Å²) in [5.74, 6) is 1.17. The number of ether oxygens (including phenoxy) is 1. The molecule has 0 aliphatic rings. The molecular formula is C21H22BrN3O3. The molecule has 0 fully saturated rings. The van der Waals surface area contributed by atoms with Crippen LogP contribution in [0.2, 0.25) is 0 Å². The molecule has 1 amide bonds. The Morgan fingerprint density at radius 2 is 1.93 bits per heavy atom. The van der Waals surface area contributed by atoms with Gasteiger partial charge in [-0.2, -0.15) is 4.98 Å². The van der Waals surface area contributed by atoms with E-state index in [1.54, 1.807) is 0 Å². The van der Waals surface area contributed by atoms with E-state index in [1.165, 1.54) is 5.56 Å². The van der Waals surface area contributed by atoms with Gasteiger partial charge in [0.2, 0.25) is 11.7 Å². The second-order valence-electron chi connectivity index (χ2n) is 7.34. The summed E-state index contributed by atoms with van der Waals surface area (Å²) in [4.78, 5) is 16.3. The lowest BCUT2D eigenvalue weighted by Gasteiger charge is -2.20. The molecule has 1 aromatic heterocycles. The van der Waals surface area contributed by atoms with Gasteiger partial charge in [0.25, 0.3) is 5.91 Å². The minimum atomic E-state index is -0.272. The maximum absolute atomic E-state index is 12.1. The monoisotopic (exact) mass is 443 g/mol. The average molecular weight is 444 g/mol. The first-order valence-electron chi connectivity index (χ1n) is 8.90. The second-order valence-corrected chi connectivity index (χ2v) is 8.19. The largest absolute Gasteiger partial charge is 0.483 e. The summed E-state index contributed by atoms with van der Waals surface area (Å²) < 4.78 is 11.6. The van der Waals surface area contributed by atoms with E-state index in [9.17, 15) is 4.79 Å². The number of carbonyl (C=O) groups is 1. The first-order chi connectivity index (χ1) is 13.3. The number of halogens is 1. The summed E-state index contributed by atoms with van der Waals surface area (Å²) in [6.07, 6.45) is 0. The standard InChI is InChI=1S/C21H22BrN3O3/c1-21(2,3)15-9-10-17(16(22)11-15)27-13-18(26)23-12-19-24-20(25-28-19)14-7-5-4-6-8-14/h4-11H,12-13H2,1-3H3,(H,23,26). The molecular weight excluding hydrogens is 422 g/mol. The summed E-state index contributed by atoms with van der Waals surface area (Å²) in [6.45, 7) is 6.47. The van der Waals surface area contributed by atoms with Crippen LogP contribution >= 0.6 is 15.9 Å². The normalized spacial score (nSPS) is 11.3. The highest BCUT2D eigenvalue weighted by atomic mass is 79.9. The van der Waals surface area contributed by atoms with E-state index in [0.717, 1.165) is 10.0 Å². The van der Waals surface area contributed by atoms with Crippen molar-refractivity contribution in [2.24, 2.45) is 0 Å². The lowest BCUT2D eigenvalue weighted by Crippen LogP contribution is -2.28. The third-order valence-electron chi connectivity index (χ3n) is 4.09. The van der Waals surface area contributed by atoms with E-state index in [2.05, 4.69) is 52.2 Å². The van der Waals surface area contributed by atoms with Gasteiger partial charge < -0.3 is 14.6 Å². The molecule has 28 heavy (non-hydrogen) atoms. The number of rotatable bonds is 6. The van der Waals surface area contributed by atoms with E-state index in [1.807, 2.05) is 48.5 Å². The third kappa shape index (κ3) is 5.19. The fourth-order valence-corrected chi connectivity index (χ4v) is 2.98. The highest BCUT2D eigenvalue weighted by molar-refractivity contribution is 9.10. The van der Waals surface area contributed by atoms with Crippen LogP contribution in [0.1, 0.15) is 32.2 Å². The number of hydrogen-bond donors (Lipinski definition) is 1. The van der Waals surface area contributed by atoms with E-state index in [-0.39, 0.29) is 24.5 Å². The molecule has 3 aromatic rings. The Morgan fingerprint density at radius 3 is 2.61 bits per heavy atom. The highest BCUT2D eigenvalue weighted by Crippen LogP contribution is 2.31. The van der Waals surface area contributed by atoms with Gasteiger partial charge in [0.1, 0.15) is 5.75 Å². The molecule has 0 aliphatic carbocycles. The zero-order chi connectivity index (χ0) is 20.1. The third-order valence-corrected chi connectivity index (χ3v) is 4.71. The predicted octanol–water partition coefficient (Wildman–Crippen LogP) is 4.49. The molecule has 0 saturated carbocycles. The summed E-state index contributed by atoms with van der Waals surface area (Å²) in [5.41, 5.74) is 2.08. The Balaban J connectivity index is 1.51. The molecule has 0 unspecified atom stereocenters. The Bertz CT molecular complexity index is 949. The van der Waals surface area contributed by atoms with Crippen LogP contribution < -0.4 is 10.1 Å². The maximum atomic E-state index is 12.1. The number of amides is 1. The molecule has 146 valence electrons. The molecule has 0 bridgehead atoms. The number of benzene rings is 2. The van der Waals surface area contributed by atoms with Crippen molar-refractivity contribution in [1.82, 2.24) is 15.5 Å². The van der Waals surface area contributed by atoms with Crippen molar-refractivity contribution in [3.05, 3.63) is 64.5 Å². The highest BCUT2D eigenvalue weighted by Gasteiger charge is 2.16. The predicted molar refractivity (Wildman–Crippen MR) is 110 cm³/mol. The van der Waals surface area contributed by atoms with Crippen molar-refractivity contribution in [2.45, 2.75) is 32.7 Å². The van der Waals surface area contributed by atoms with Gasteiger partial charge in [-0.15, -0.1) is 0 Å². The van der Waals surface area contributed by atoms with Crippen LogP contribution in [0, 0.1) is 0 Å². The maximum Gasteiger partial charge on any atom is 0.258 e. The summed E-state index contributed by atoms with van der Waals surface area (Å²) in [7, 11) is 0. The summed E-state index contributed by atoms with van der Waals surface area (Å²) in [6, 6.07) is 15.4. The summed E-state index contributed by atoms with van der Waals surface area (Å²) in [5, 5.41) is 6.64. The van der Waals surface area contributed by atoms with Crippen LogP contribution in [0.15, 0.2) is 57.5 Å². The van der Waals surface area contributed by atoms with E-state index >= 15 is 0 Å². The van der Waals surface area contributed by atoms with Gasteiger partial charge in [-0.25, -0.2) is 0 Å². The lowest BCUT2D eigenvalue weighted by atomic mass is 9.87. The van der Waals surface area contributed by atoms with Gasteiger partial charge in [-0.05, 0) is 39.0 Å². The molecule has 2 aromatic carbocycles. The van der Waals surface area contributed by atoms with Crippen molar-refractivity contribution in [3.63, 3.8) is 0 Å². The van der Waals surface area contributed by atoms with Crippen molar-refractivity contribution < 1.29 is 14.1 Å². The molecule has 0 spiro atoms. The zero-order valence-corrected chi connectivity index (χ0v) is 17.6. The lowest BCUT2D eigenvalue weighted by molar-refractivity contribution is -0.123. The fraction of sp³-hybridized carbons (Fsp3) is 0.286. The van der Waals surface area contributed by atoms with Crippen molar-refractivity contribution in [2.75, 3.05) is 6.61 Å². The molecule has 1 heterocycles. The number of nitrogens with zero attached hydrogens (tertiary/aromatic N) is 2. The molecule has 6 nitrogen and oxygen atoms in total. The van der Waals surface area contributed by atoms with Crippen LogP contribution in [-0.2, 0) is 16.8 Å². The number of hydrogen-bond acceptors (Lipinski definition) is 5. The molecule has 3 rings (SSSR count). The Morgan fingerprint density at radius 1 is 1.18 bits per heavy atom. The molecule has 0 saturated heterocycles. The zero-order valence-electron chi connectivity index (χ0n) is 16.0. The van der Waals surface area contributed by atoms with E-state index in [4.69, 9.17) is 9.26 Å². The van der Waals surface area contributed by atoms with Crippen molar-refractivity contribution in [1.29, 1.82) is 0 Å². The number of nitrogens with one attached hydrogen (secondary N) is 1. The van der Waals surface area contributed by atoms with Crippen LogP contribution in [0.25, 0.3) is 11.4 Å². The van der Waals surface area contributed by atoms with Crippen LogP contribution in [0.5, 0.6) is 5.75 Å². The first-order valence-corrected chi connectivity index (χ1v) is 9.70. The topological polar surface area (TPSA) is 77.2 Å².